The quantitative estimate of drug-likeness (QED) is 0.224. The number of hydrogen-bond donors (Lipinski definition) is 3. The maximum absolute atomic E-state index is 10.8. The highest BCUT2D eigenvalue weighted by Crippen LogP contribution is 2.29. The summed E-state index contributed by atoms with van der Waals surface area (Å²) in [5, 5.41) is 21.4. The molecule has 0 saturated carbocycles. The van der Waals surface area contributed by atoms with Crippen molar-refractivity contribution in [3.63, 3.8) is 0 Å². The van der Waals surface area contributed by atoms with E-state index in [1.807, 2.05) is 32.3 Å². The number of aliphatic hydroxyl groups is 1. The van der Waals surface area contributed by atoms with Crippen LogP contribution in [0.5, 0.6) is 5.75 Å². The van der Waals surface area contributed by atoms with Gasteiger partial charge in [-0.3, -0.25) is 4.68 Å². The van der Waals surface area contributed by atoms with Crippen LogP contribution >= 0.6 is 35.3 Å². The molecule has 1 atom stereocenters. The highest BCUT2D eigenvalue weighted by atomic mass is 127. The molecule has 3 N–H and O–H groups in total. The second kappa shape index (κ2) is 11.5. The van der Waals surface area contributed by atoms with Crippen molar-refractivity contribution in [2.75, 3.05) is 20.2 Å². The number of nitrogens with one attached hydrogen (secondary N) is 2. The summed E-state index contributed by atoms with van der Waals surface area (Å²) in [6.45, 7) is 5.41. The number of aliphatic imine (C=N–C) groups is 1. The molecule has 0 radical (unpaired) electrons. The fourth-order valence-corrected chi connectivity index (χ4v) is 3.87. The highest BCUT2D eigenvalue weighted by molar-refractivity contribution is 14.0. The second-order valence-electron chi connectivity index (χ2n) is 7.22. The van der Waals surface area contributed by atoms with E-state index >= 15 is 0 Å². The van der Waals surface area contributed by atoms with E-state index in [1.165, 1.54) is 4.88 Å². The van der Waals surface area contributed by atoms with E-state index in [1.54, 1.807) is 36.2 Å². The normalized spacial score (nSPS) is 13.3. The van der Waals surface area contributed by atoms with Gasteiger partial charge in [-0.25, -0.2) is 4.99 Å². The number of aromatic nitrogens is 2. The van der Waals surface area contributed by atoms with E-state index in [4.69, 9.17) is 4.74 Å². The monoisotopic (exact) mass is 555 g/mol. The molecule has 2 heterocycles. The van der Waals surface area contributed by atoms with Gasteiger partial charge in [-0.1, -0.05) is 0 Å². The predicted molar refractivity (Wildman–Crippen MR) is 137 cm³/mol. The third-order valence-electron chi connectivity index (χ3n) is 4.70. The molecule has 7 nitrogen and oxygen atoms in total. The minimum Gasteiger partial charge on any atom is -0.497 e. The number of benzene rings is 1. The maximum atomic E-state index is 10.8. The van der Waals surface area contributed by atoms with Crippen LogP contribution in [-0.4, -0.2) is 41.0 Å². The Morgan fingerprint density at radius 3 is 2.58 bits per heavy atom. The van der Waals surface area contributed by atoms with Crippen LogP contribution in [-0.2, 0) is 19.2 Å². The van der Waals surface area contributed by atoms with Crippen molar-refractivity contribution in [1.82, 2.24) is 20.4 Å². The summed E-state index contributed by atoms with van der Waals surface area (Å²) in [7, 11) is 3.50. The Bertz CT molecular complexity index is 982. The third-order valence-corrected chi connectivity index (χ3v) is 5.82. The second-order valence-corrected chi connectivity index (χ2v) is 8.39. The number of ether oxygens (including phenoxy) is 1. The molecule has 0 amide bonds. The SMILES string of the molecule is CCNC(=NCc1ccc(-c2ccc(OC)cc2)s1)NCC(C)(O)c1cnn(C)c1.I. The zero-order valence-electron chi connectivity index (χ0n) is 18.3. The molecule has 0 aliphatic carbocycles. The number of methoxy groups -OCH3 is 1. The lowest BCUT2D eigenvalue weighted by Gasteiger charge is -2.23. The summed E-state index contributed by atoms with van der Waals surface area (Å²) in [4.78, 5) is 7.03. The number of aryl methyl sites for hydroxylation is 1. The van der Waals surface area contributed by atoms with Gasteiger partial charge in [-0.15, -0.1) is 35.3 Å². The van der Waals surface area contributed by atoms with Gasteiger partial charge in [0.25, 0.3) is 0 Å². The van der Waals surface area contributed by atoms with E-state index in [0.29, 0.717) is 19.0 Å². The molecule has 3 aromatic rings. The smallest absolute Gasteiger partial charge is 0.191 e. The van der Waals surface area contributed by atoms with Gasteiger partial charge in [0, 0.05) is 35.1 Å². The average Bonchev–Trinajstić information content (AvgIpc) is 3.40. The summed E-state index contributed by atoms with van der Waals surface area (Å²) in [5.74, 6) is 1.52. The molecule has 2 aromatic heterocycles. The number of rotatable bonds is 8. The summed E-state index contributed by atoms with van der Waals surface area (Å²) < 4.78 is 6.90. The molecule has 0 spiro atoms. The van der Waals surface area contributed by atoms with Crippen molar-refractivity contribution in [2.24, 2.45) is 12.0 Å². The van der Waals surface area contributed by atoms with Crippen LogP contribution in [0.25, 0.3) is 10.4 Å². The Hall–Kier alpha value is -2.11. The first-order chi connectivity index (χ1) is 14.4. The van der Waals surface area contributed by atoms with Gasteiger partial charge in [0.05, 0.1) is 26.4 Å². The summed E-state index contributed by atoms with van der Waals surface area (Å²) in [5.41, 5.74) is 0.874. The number of hydrogen-bond acceptors (Lipinski definition) is 5. The Balaban J connectivity index is 0.00000341. The fourth-order valence-electron chi connectivity index (χ4n) is 2.93. The van der Waals surface area contributed by atoms with Crippen LogP contribution < -0.4 is 15.4 Å². The first-order valence-electron chi connectivity index (χ1n) is 9.88. The number of guanidine groups is 1. The Labute approximate surface area is 204 Å². The van der Waals surface area contributed by atoms with Crippen molar-refractivity contribution < 1.29 is 9.84 Å². The van der Waals surface area contributed by atoms with E-state index in [9.17, 15) is 5.11 Å². The van der Waals surface area contributed by atoms with Crippen LogP contribution in [0.2, 0.25) is 0 Å². The molecule has 168 valence electrons. The molecule has 0 bridgehead atoms. The molecular weight excluding hydrogens is 525 g/mol. The van der Waals surface area contributed by atoms with Crippen molar-refractivity contribution in [2.45, 2.75) is 26.0 Å². The zero-order chi connectivity index (χ0) is 21.6. The van der Waals surface area contributed by atoms with Gasteiger partial charge in [0.2, 0.25) is 0 Å². The third kappa shape index (κ3) is 6.94. The number of thiophene rings is 1. The van der Waals surface area contributed by atoms with Gasteiger partial charge in [0.1, 0.15) is 11.4 Å². The molecule has 1 unspecified atom stereocenters. The first kappa shape index (κ1) is 25.2. The highest BCUT2D eigenvalue weighted by Gasteiger charge is 2.25. The number of nitrogens with zero attached hydrogens (tertiary/aromatic N) is 3. The van der Waals surface area contributed by atoms with Gasteiger partial charge in [0.15, 0.2) is 5.96 Å². The average molecular weight is 555 g/mol. The van der Waals surface area contributed by atoms with Gasteiger partial charge in [-0.05, 0) is 55.8 Å². The Morgan fingerprint density at radius 1 is 1.23 bits per heavy atom. The van der Waals surface area contributed by atoms with Crippen LogP contribution in [0.1, 0.15) is 24.3 Å². The zero-order valence-corrected chi connectivity index (χ0v) is 21.4. The van der Waals surface area contributed by atoms with Gasteiger partial charge < -0.3 is 20.5 Å². The molecule has 0 aliphatic rings. The summed E-state index contributed by atoms with van der Waals surface area (Å²) >= 11 is 1.72. The van der Waals surface area contributed by atoms with E-state index < -0.39 is 5.60 Å². The van der Waals surface area contributed by atoms with Crippen molar-refractivity contribution in [1.29, 1.82) is 0 Å². The molecule has 9 heteroatoms. The van der Waals surface area contributed by atoms with Crippen LogP contribution in [0.3, 0.4) is 0 Å². The van der Waals surface area contributed by atoms with E-state index in [-0.39, 0.29) is 24.0 Å². The maximum Gasteiger partial charge on any atom is 0.191 e. The fraction of sp³-hybridized carbons (Fsp3) is 0.364. The molecule has 0 saturated heterocycles. The molecule has 3 rings (SSSR count). The van der Waals surface area contributed by atoms with Crippen molar-refractivity contribution in [3.05, 3.63) is 59.2 Å². The summed E-state index contributed by atoms with van der Waals surface area (Å²) in [6, 6.07) is 12.3. The molecule has 1 aromatic carbocycles. The first-order valence-corrected chi connectivity index (χ1v) is 10.7. The lowest BCUT2D eigenvalue weighted by molar-refractivity contribution is 0.0616. The van der Waals surface area contributed by atoms with E-state index in [0.717, 1.165) is 28.3 Å². The minimum atomic E-state index is -1.05. The van der Waals surface area contributed by atoms with Gasteiger partial charge in [-0.2, -0.15) is 5.10 Å². The van der Waals surface area contributed by atoms with Crippen molar-refractivity contribution in [3.8, 4) is 16.2 Å². The van der Waals surface area contributed by atoms with E-state index in [2.05, 4.69) is 45.0 Å². The molecule has 31 heavy (non-hydrogen) atoms. The molecule has 0 aliphatic heterocycles. The Morgan fingerprint density at radius 2 is 1.97 bits per heavy atom. The minimum absolute atomic E-state index is 0. The lowest BCUT2D eigenvalue weighted by atomic mass is 10.00. The Kier molecular flexibility index (Phi) is 9.32. The van der Waals surface area contributed by atoms with Gasteiger partial charge >= 0.3 is 0 Å². The summed E-state index contributed by atoms with van der Waals surface area (Å²) in [6.07, 6.45) is 3.50. The lowest BCUT2D eigenvalue weighted by Crippen LogP contribution is -2.44. The number of halogens is 1. The molecular formula is C22H30IN5O2S. The molecule has 0 fully saturated rings. The predicted octanol–water partition coefficient (Wildman–Crippen LogP) is 3.74. The largest absolute Gasteiger partial charge is 0.497 e. The van der Waals surface area contributed by atoms with Crippen LogP contribution in [0.4, 0.5) is 0 Å². The topological polar surface area (TPSA) is 83.7 Å². The van der Waals surface area contributed by atoms with Crippen molar-refractivity contribution >= 4 is 41.3 Å². The van der Waals surface area contributed by atoms with Crippen LogP contribution in [0.15, 0.2) is 53.8 Å². The standard InChI is InChI=1S/C22H29N5O2S.HI/c1-5-23-21(25-15-22(2,28)17-12-26-27(3)14-17)24-13-19-10-11-20(30-19)16-6-8-18(29-4)9-7-16;/h6-12,14,28H,5,13,15H2,1-4H3,(H2,23,24,25);1H. The van der Waals surface area contributed by atoms with Crippen LogP contribution in [0, 0.1) is 0 Å².